The van der Waals surface area contributed by atoms with Crippen LogP contribution in [0.1, 0.15) is 29.9 Å². The van der Waals surface area contributed by atoms with Crippen molar-refractivity contribution in [1.29, 1.82) is 0 Å². The third kappa shape index (κ3) is 4.62. The van der Waals surface area contributed by atoms with E-state index in [1.807, 2.05) is 18.3 Å². The molecule has 126 valence electrons. The maximum absolute atomic E-state index is 11.6. The van der Waals surface area contributed by atoms with E-state index in [2.05, 4.69) is 27.7 Å². The average Bonchev–Trinajstić information content (AvgIpc) is 2.97. The van der Waals surface area contributed by atoms with E-state index in [4.69, 9.17) is 0 Å². The quantitative estimate of drug-likeness (QED) is 0.676. The molecule has 0 saturated carbocycles. The molecule has 0 unspecified atom stereocenters. The van der Waals surface area contributed by atoms with Crippen molar-refractivity contribution >= 4 is 20.9 Å². The summed E-state index contributed by atoms with van der Waals surface area (Å²) >= 11 is 0. The molecule has 2 heterocycles. The first-order valence-electron chi connectivity index (χ1n) is 8.12. The van der Waals surface area contributed by atoms with Crippen LogP contribution in [-0.2, 0) is 16.4 Å². The number of sulfonamides is 1. The second kappa shape index (κ2) is 8.34. The number of likely N-dealkylation sites (tertiary alicyclic amines) is 1. The molecule has 0 spiro atoms. The number of fused-ring (bicyclic) bond motifs is 1. The molecule has 0 atom stereocenters. The van der Waals surface area contributed by atoms with Crippen LogP contribution < -0.4 is 39.3 Å². The summed E-state index contributed by atoms with van der Waals surface area (Å²) in [6, 6.07) is 6.12. The van der Waals surface area contributed by atoms with E-state index in [9.17, 15) is 8.42 Å². The number of benzene rings is 1. The fourth-order valence-corrected chi connectivity index (χ4v) is 4.00. The Labute approximate surface area is 166 Å². The summed E-state index contributed by atoms with van der Waals surface area (Å²) in [5.74, 6) is 0.680. The summed E-state index contributed by atoms with van der Waals surface area (Å²) in [6.07, 6.45) is 4.86. The normalized spacial score (nSPS) is 17.1. The van der Waals surface area contributed by atoms with Gasteiger partial charge in [0.2, 0.25) is 10.0 Å². The van der Waals surface area contributed by atoms with Crippen molar-refractivity contribution in [2.75, 3.05) is 32.9 Å². The molecule has 2 aromatic rings. The van der Waals surface area contributed by atoms with Crippen LogP contribution in [0.5, 0.6) is 0 Å². The van der Waals surface area contributed by atoms with Gasteiger partial charge >= 0.3 is 29.6 Å². The molecule has 1 fully saturated rings. The number of nitrogens with zero attached hydrogens (tertiary/aromatic N) is 2. The van der Waals surface area contributed by atoms with E-state index >= 15 is 0 Å². The molecular formula is C17H24N3NaO2S. The van der Waals surface area contributed by atoms with Gasteiger partial charge in [-0.25, -0.2) is 13.1 Å². The van der Waals surface area contributed by atoms with E-state index in [0.29, 0.717) is 12.3 Å². The van der Waals surface area contributed by atoms with Crippen LogP contribution in [0.25, 0.3) is 10.9 Å². The van der Waals surface area contributed by atoms with Crippen LogP contribution in [0.15, 0.2) is 24.4 Å². The number of rotatable bonds is 5. The molecule has 1 aliphatic rings. The van der Waals surface area contributed by atoms with E-state index < -0.39 is 10.0 Å². The van der Waals surface area contributed by atoms with E-state index in [1.54, 1.807) is 0 Å². The van der Waals surface area contributed by atoms with Gasteiger partial charge in [0.05, 0.1) is 5.75 Å². The van der Waals surface area contributed by atoms with Crippen molar-refractivity contribution in [1.82, 2.24) is 14.6 Å². The zero-order valence-electron chi connectivity index (χ0n) is 14.7. The monoisotopic (exact) mass is 357 g/mol. The summed E-state index contributed by atoms with van der Waals surface area (Å²) in [5, 5.41) is 1.19. The fourth-order valence-electron chi connectivity index (χ4n) is 3.29. The molecule has 1 aromatic heterocycles. The zero-order chi connectivity index (χ0) is 16.4. The van der Waals surface area contributed by atoms with Crippen LogP contribution in [0, 0.1) is 0 Å². The fraction of sp³-hybridized carbons (Fsp3) is 0.529. The predicted octanol–water partition coefficient (Wildman–Crippen LogP) is -1.30. The van der Waals surface area contributed by atoms with E-state index in [1.165, 1.54) is 18.0 Å². The van der Waals surface area contributed by atoms with Gasteiger partial charge in [0, 0.05) is 0 Å². The van der Waals surface area contributed by atoms with Gasteiger partial charge < -0.3 is 9.88 Å². The first kappa shape index (κ1) is 19.9. The third-order valence-electron chi connectivity index (χ3n) is 4.84. The maximum atomic E-state index is 11.6. The second-order valence-electron chi connectivity index (χ2n) is 6.42. The molecule has 1 aromatic carbocycles. The number of nitrogens with one attached hydrogen (secondary N) is 1. The van der Waals surface area contributed by atoms with Crippen LogP contribution in [-0.4, -0.2) is 46.3 Å². The third-order valence-corrected chi connectivity index (χ3v) is 6.21. The Hall–Kier alpha value is -0.370. The van der Waals surface area contributed by atoms with Gasteiger partial charge in [-0.05, 0) is 63.3 Å². The number of aryl methyl sites for hydroxylation is 1. The average molecular weight is 357 g/mol. The minimum Gasteiger partial charge on any atom is -0.663 e. The number of hydrogen-bond donors (Lipinski definition) is 1. The van der Waals surface area contributed by atoms with Crippen molar-refractivity contribution < 1.29 is 38.0 Å². The standard InChI is InChI=1S/C17H24N3O2S.Na/c1-18-23(21,22)10-7-13-3-4-17-15(11-13)16(12-19-17)14-5-8-20(2)9-6-14;/h3-4,11-12,14,18H,5-10H2,1-2H3;/q-1;+1. The molecule has 7 heteroatoms. The predicted molar refractivity (Wildman–Crippen MR) is 93.3 cm³/mol. The Morgan fingerprint density at radius 3 is 2.67 bits per heavy atom. The Morgan fingerprint density at radius 1 is 1.29 bits per heavy atom. The molecular weight excluding hydrogens is 333 g/mol. The first-order valence-corrected chi connectivity index (χ1v) is 9.78. The first-order chi connectivity index (χ1) is 11.0. The van der Waals surface area contributed by atoms with Gasteiger partial charge in [0.15, 0.2) is 0 Å². The number of hydrogen-bond acceptors (Lipinski definition) is 3. The van der Waals surface area contributed by atoms with Gasteiger partial charge in [0.25, 0.3) is 0 Å². The van der Waals surface area contributed by atoms with Crippen molar-refractivity contribution in [3.63, 3.8) is 0 Å². The van der Waals surface area contributed by atoms with Gasteiger partial charge in [-0.3, -0.25) is 0 Å². The molecule has 1 N–H and O–H groups in total. The van der Waals surface area contributed by atoms with Crippen LogP contribution in [0.4, 0.5) is 0 Å². The number of piperidine rings is 1. The molecule has 1 saturated heterocycles. The summed E-state index contributed by atoms with van der Waals surface area (Å²) in [4.78, 5) is 6.90. The zero-order valence-corrected chi connectivity index (χ0v) is 17.6. The Balaban J connectivity index is 0.00000208. The van der Waals surface area contributed by atoms with Gasteiger partial charge in [0.1, 0.15) is 0 Å². The van der Waals surface area contributed by atoms with Crippen LogP contribution >= 0.6 is 0 Å². The van der Waals surface area contributed by atoms with Crippen LogP contribution in [0.3, 0.4) is 0 Å². The molecule has 0 radical (unpaired) electrons. The smallest absolute Gasteiger partial charge is 0.663 e. The Morgan fingerprint density at radius 2 is 2.00 bits per heavy atom. The minimum absolute atomic E-state index is 0. The molecule has 0 aliphatic carbocycles. The summed E-state index contributed by atoms with van der Waals surface area (Å²) < 4.78 is 25.6. The van der Waals surface area contributed by atoms with Gasteiger partial charge in [-0.1, -0.05) is 23.8 Å². The molecule has 3 rings (SSSR count). The summed E-state index contributed by atoms with van der Waals surface area (Å²) in [6.45, 7) is 2.24. The summed E-state index contributed by atoms with van der Waals surface area (Å²) in [7, 11) is 0.455. The molecule has 24 heavy (non-hydrogen) atoms. The Bertz CT molecular complexity index is 780. The van der Waals surface area contributed by atoms with Crippen molar-refractivity contribution in [3.8, 4) is 0 Å². The van der Waals surface area contributed by atoms with Crippen molar-refractivity contribution in [2.45, 2.75) is 25.2 Å². The molecule has 0 bridgehead atoms. The van der Waals surface area contributed by atoms with E-state index in [0.717, 1.165) is 37.0 Å². The Kier molecular flexibility index (Phi) is 6.93. The second-order valence-corrected chi connectivity index (χ2v) is 8.46. The SMILES string of the molecule is CNS(=O)(=O)CCc1ccc2[n-]cc(C3CCN(C)CC3)c2c1.[Na+]. The van der Waals surface area contributed by atoms with E-state index in [-0.39, 0.29) is 35.3 Å². The maximum Gasteiger partial charge on any atom is 1.00 e. The minimum atomic E-state index is -3.17. The summed E-state index contributed by atoms with van der Waals surface area (Å²) in [5.41, 5.74) is 3.39. The van der Waals surface area contributed by atoms with Crippen molar-refractivity contribution in [3.05, 3.63) is 35.5 Å². The molecule has 0 amide bonds. The number of aromatic nitrogens is 1. The van der Waals surface area contributed by atoms with Gasteiger partial charge in [-0.2, -0.15) is 6.20 Å². The largest absolute Gasteiger partial charge is 1.00 e. The van der Waals surface area contributed by atoms with Gasteiger partial charge in [-0.15, -0.1) is 5.52 Å². The van der Waals surface area contributed by atoms with Crippen molar-refractivity contribution in [2.24, 2.45) is 0 Å². The molecule has 5 nitrogen and oxygen atoms in total. The topological polar surface area (TPSA) is 63.5 Å². The van der Waals surface area contributed by atoms with Crippen LogP contribution in [0.2, 0.25) is 0 Å². The molecule has 1 aliphatic heterocycles.